The van der Waals surface area contributed by atoms with Crippen molar-refractivity contribution in [1.82, 2.24) is 10.2 Å². The molecule has 0 spiro atoms. The van der Waals surface area contributed by atoms with E-state index >= 15 is 0 Å². The van der Waals surface area contributed by atoms with Crippen LogP contribution in [0.25, 0.3) is 0 Å². The fraction of sp³-hybridized carbons (Fsp3) is 0.273. The predicted octanol–water partition coefficient (Wildman–Crippen LogP) is 3.86. The molecule has 1 fully saturated rings. The Balaban J connectivity index is 1.46. The average Bonchev–Trinajstić information content (AvgIpc) is 3.10. The van der Waals surface area contributed by atoms with Gasteiger partial charge in [0.1, 0.15) is 12.4 Å². The summed E-state index contributed by atoms with van der Waals surface area (Å²) in [5, 5.41) is 6.92. The van der Waals surface area contributed by atoms with Crippen molar-refractivity contribution in [3.8, 4) is 5.75 Å². The molecule has 6 heteroatoms. The van der Waals surface area contributed by atoms with Gasteiger partial charge in [0, 0.05) is 37.8 Å². The fourth-order valence-electron chi connectivity index (χ4n) is 3.03. The van der Waals surface area contributed by atoms with E-state index in [2.05, 4.69) is 41.5 Å². The Morgan fingerprint density at radius 1 is 1.21 bits per heavy atom. The Hall–Kier alpha value is -2.86. The van der Waals surface area contributed by atoms with Crippen LogP contribution in [0.5, 0.6) is 5.75 Å². The van der Waals surface area contributed by atoms with Gasteiger partial charge in [-0.15, -0.1) is 0 Å². The number of anilines is 1. The number of amides is 1. The number of carbonyl (C=O) groups is 1. The summed E-state index contributed by atoms with van der Waals surface area (Å²) in [6.45, 7) is 6.29. The molecule has 0 bridgehead atoms. The van der Waals surface area contributed by atoms with Crippen molar-refractivity contribution in [3.63, 3.8) is 0 Å². The molecule has 0 atom stereocenters. The number of carbonyl (C=O) groups excluding carboxylic acids is 1. The van der Waals surface area contributed by atoms with E-state index in [1.165, 1.54) is 0 Å². The SMILES string of the molecule is C=CCOc1cccc(NC(=S)NCc2ccc(CN3CCCC3=O)cc2)c1. The van der Waals surface area contributed by atoms with E-state index < -0.39 is 0 Å². The number of ether oxygens (including phenoxy) is 1. The van der Waals surface area contributed by atoms with Crippen LogP contribution in [0, 0.1) is 0 Å². The minimum Gasteiger partial charge on any atom is -0.489 e. The highest BCUT2D eigenvalue weighted by Crippen LogP contribution is 2.17. The summed E-state index contributed by atoms with van der Waals surface area (Å²) in [5.74, 6) is 1.01. The van der Waals surface area contributed by atoms with Gasteiger partial charge in [0.15, 0.2) is 5.11 Å². The van der Waals surface area contributed by atoms with Crippen LogP contribution in [0.15, 0.2) is 61.2 Å². The lowest BCUT2D eigenvalue weighted by molar-refractivity contribution is -0.128. The van der Waals surface area contributed by atoms with Crippen LogP contribution >= 0.6 is 12.2 Å². The molecular formula is C22H25N3O2S. The van der Waals surface area contributed by atoms with Crippen LogP contribution in [0.2, 0.25) is 0 Å². The minimum absolute atomic E-state index is 0.251. The van der Waals surface area contributed by atoms with E-state index in [-0.39, 0.29) is 5.91 Å². The first-order chi connectivity index (χ1) is 13.6. The fourth-order valence-corrected chi connectivity index (χ4v) is 3.22. The molecule has 0 aliphatic carbocycles. The van der Waals surface area contributed by atoms with E-state index in [0.29, 0.717) is 31.2 Å². The smallest absolute Gasteiger partial charge is 0.222 e. The number of benzene rings is 2. The van der Waals surface area contributed by atoms with Gasteiger partial charge in [-0.25, -0.2) is 0 Å². The van der Waals surface area contributed by atoms with E-state index in [9.17, 15) is 4.79 Å². The second-order valence-corrected chi connectivity index (χ2v) is 7.08. The van der Waals surface area contributed by atoms with E-state index in [0.717, 1.165) is 35.5 Å². The van der Waals surface area contributed by atoms with Gasteiger partial charge in [-0.1, -0.05) is 43.0 Å². The lowest BCUT2D eigenvalue weighted by atomic mass is 10.1. The third kappa shape index (κ3) is 5.82. The Labute approximate surface area is 171 Å². The maximum atomic E-state index is 11.7. The summed E-state index contributed by atoms with van der Waals surface area (Å²) in [6.07, 6.45) is 3.35. The molecule has 1 heterocycles. The number of thiocarbonyl (C=S) groups is 1. The first kappa shape index (κ1) is 19.9. The lowest BCUT2D eigenvalue weighted by Crippen LogP contribution is -2.28. The van der Waals surface area contributed by atoms with Gasteiger partial charge in [0.25, 0.3) is 0 Å². The molecular weight excluding hydrogens is 370 g/mol. The van der Waals surface area contributed by atoms with Gasteiger partial charge in [-0.3, -0.25) is 4.79 Å². The van der Waals surface area contributed by atoms with Crippen LogP contribution in [-0.2, 0) is 17.9 Å². The molecule has 3 rings (SSSR count). The highest BCUT2D eigenvalue weighted by atomic mass is 32.1. The molecule has 2 N–H and O–H groups in total. The summed E-state index contributed by atoms with van der Waals surface area (Å²) < 4.78 is 5.53. The summed E-state index contributed by atoms with van der Waals surface area (Å²) in [4.78, 5) is 13.6. The predicted molar refractivity (Wildman–Crippen MR) is 116 cm³/mol. The van der Waals surface area contributed by atoms with Gasteiger partial charge in [-0.05, 0) is 41.9 Å². The molecule has 0 unspecified atom stereocenters. The average molecular weight is 396 g/mol. The number of hydrogen-bond acceptors (Lipinski definition) is 3. The summed E-state index contributed by atoms with van der Waals surface area (Å²) in [6, 6.07) is 15.9. The van der Waals surface area contributed by atoms with E-state index in [4.69, 9.17) is 17.0 Å². The first-order valence-corrected chi connectivity index (χ1v) is 9.79. The van der Waals surface area contributed by atoms with Gasteiger partial charge in [-0.2, -0.15) is 0 Å². The lowest BCUT2D eigenvalue weighted by Gasteiger charge is -2.16. The Bertz CT molecular complexity index is 836. The molecule has 1 amide bonds. The molecule has 2 aromatic rings. The highest BCUT2D eigenvalue weighted by molar-refractivity contribution is 7.80. The largest absolute Gasteiger partial charge is 0.489 e. The van der Waals surface area contributed by atoms with Crippen molar-refractivity contribution in [2.24, 2.45) is 0 Å². The molecule has 2 aromatic carbocycles. The number of nitrogens with one attached hydrogen (secondary N) is 2. The van der Waals surface area contributed by atoms with Crippen LogP contribution in [0.1, 0.15) is 24.0 Å². The molecule has 0 aromatic heterocycles. The van der Waals surface area contributed by atoms with Crippen molar-refractivity contribution in [1.29, 1.82) is 0 Å². The van der Waals surface area contributed by atoms with Gasteiger partial charge in [0.05, 0.1) is 0 Å². The molecule has 5 nitrogen and oxygen atoms in total. The number of likely N-dealkylation sites (tertiary alicyclic amines) is 1. The first-order valence-electron chi connectivity index (χ1n) is 9.38. The number of nitrogens with zero attached hydrogens (tertiary/aromatic N) is 1. The molecule has 1 saturated heterocycles. The van der Waals surface area contributed by atoms with Crippen molar-refractivity contribution < 1.29 is 9.53 Å². The Morgan fingerprint density at radius 3 is 2.71 bits per heavy atom. The zero-order valence-electron chi connectivity index (χ0n) is 15.8. The molecule has 28 heavy (non-hydrogen) atoms. The normalized spacial score (nSPS) is 13.3. The van der Waals surface area contributed by atoms with Crippen LogP contribution in [-0.4, -0.2) is 29.1 Å². The van der Waals surface area contributed by atoms with Crippen LogP contribution in [0.4, 0.5) is 5.69 Å². The third-order valence-electron chi connectivity index (χ3n) is 4.48. The van der Waals surface area contributed by atoms with Crippen molar-refractivity contribution in [2.75, 3.05) is 18.5 Å². The quantitative estimate of drug-likeness (QED) is 0.525. The minimum atomic E-state index is 0.251. The summed E-state index contributed by atoms with van der Waals surface area (Å²) in [7, 11) is 0. The monoisotopic (exact) mass is 395 g/mol. The van der Waals surface area contributed by atoms with Crippen molar-refractivity contribution in [2.45, 2.75) is 25.9 Å². The zero-order chi connectivity index (χ0) is 19.8. The molecule has 1 aliphatic heterocycles. The van der Waals surface area contributed by atoms with Crippen LogP contribution in [0.3, 0.4) is 0 Å². The molecule has 0 saturated carbocycles. The topological polar surface area (TPSA) is 53.6 Å². The van der Waals surface area contributed by atoms with Gasteiger partial charge < -0.3 is 20.3 Å². The maximum Gasteiger partial charge on any atom is 0.222 e. The highest BCUT2D eigenvalue weighted by Gasteiger charge is 2.19. The number of rotatable bonds is 8. The zero-order valence-corrected chi connectivity index (χ0v) is 16.6. The van der Waals surface area contributed by atoms with E-state index in [1.54, 1.807) is 6.08 Å². The summed E-state index contributed by atoms with van der Waals surface area (Å²) >= 11 is 5.38. The van der Waals surface area contributed by atoms with Crippen molar-refractivity contribution in [3.05, 3.63) is 72.3 Å². The molecule has 0 radical (unpaired) electrons. The van der Waals surface area contributed by atoms with E-state index in [1.807, 2.05) is 29.2 Å². The Morgan fingerprint density at radius 2 is 2.00 bits per heavy atom. The standard InChI is InChI=1S/C22H25N3O2S/c1-2-13-27-20-6-3-5-19(14-20)24-22(28)23-15-17-8-10-18(11-9-17)16-25-12-4-7-21(25)26/h2-3,5-6,8-11,14H,1,4,7,12-13,15-16H2,(H2,23,24,28). The second kappa shape index (κ2) is 9.90. The molecule has 1 aliphatic rings. The number of hydrogen-bond donors (Lipinski definition) is 2. The third-order valence-corrected chi connectivity index (χ3v) is 4.73. The maximum absolute atomic E-state index is 11.7. The second-order valence-electron chi connectivity index (χ2n) is 6.67. The van der Waals surface area contributed by atoms with Gasteiger partial charge in [0.2, 0.25) is 5.91 Å². The van der Waals surface area contributed by atoms with Gasteiger partial charge >= 0.3 is 0 Å². The van der Waals surface area contributed by atoms with Crippen molar-refractivity contribution >= 4 is 28.9 Å². The molecule has 146 valence electrons. The Kier molecular flexibility index (Phi) is 7.03. The van der Waals surface area contributed by atoms with Crippen LogP contribution < -0.4 is 15.4 Å². The summed E-state index contributed by atoms with van der Waals surface area (Å²) in [5.41, 5.74) is 3.14.